The van der Waals surface area contributed by atoms with Crippen molar-refractivity contribution in [3.8, 4) is 0 Å². The number of H-pyrrole nitrogens is 1. The molecule has 10 heteroatoms. The van der Waals surface area contributed by atoms with Crippen LogP contribution in [0.4, 0.5) is 24.5 Å². The molecule has 1 aromatic heterocycles. The minimum Gasteiger partial charge on any atom is -0.337 e. The second-order valence-electron chi connectivity index (χ2n) is 7.66. The molecule has 1 atom stereocenters. The number of carbonyl (C=O) groups is 2. The van der Waals surface area contributed by atoms with Crippen molar-refractivity contribution in [3.05, 3.63) is 71.5 Å². The highest BCUT2D eigenvalue weighted by atomic mass is 32.2. The zero-order valence-electron chi connectivity index (χ0n) is 17.6. The molecule has 0 bridgehead atoms. The Kier molecular flexibility index (Phi) is 6.46. The summed E-state index contributed by atoms with van der Waals surface area (Å²) in [5.41, 5.74) is 2.91. The summed E-state index contributed by atoms with van der Waals surface area (Å²) >= 11 is 1.03. The maximum absolute atomic E-state index is 13.8. The molecule has 172 valence electrons. The van der Waals surface area contributed by atoms with Crippen molar-refractivity contribution < 1.29 is 22.8 Å². The molecule has 0 fully saturated rings. The molecule has 6 nitrogen and oxygen atoms in total. The first-order valence-electron chi connectivity index (χ1n) is 10.2. The normalized spacial score (nSPS) is 16.2. The molecule has 4 rings (SSSR count). The van der Waals surface area contributed by atoms with Gasteiger partial charge in [0.05, 0.1) is 29.2 Å². The van der Waals surface area contributed by atoms with Crippen LogP contribution in [0.1, 0.15) is 23.4 Å². The Morgan fingerprint density at radius 2 is 1.85 bits per heavy atom. The van der Waals surface area contributed by atoms with Crippen LogP contribution in [-0.2, 0) is 16.0 Å². The molecule has 1 aliphatic rings. The van der Waals surface area contributed by atoms with E-state index in [4.69, 9.17) is 0 Å². The number of halogens is 3. The van der Waals surface area contributed by atoms with Crippen molar-refractivity contribution in [2.45, 2.75) is 37.1 Å². The minimum atomic E-state index is -4.76. The number of aromatic amines is 1. The van der Waals surface area contributed by atoms with Crippen molar-refractivity contribution >= 4 is 35.0 Å². The van der Waals surface area contributed by atoms with Crippen molar-refractivity contribution in [1.82, 2.24) is 9.97 Å². The summed E-state index contributed by atoms with van der Waals surface area (Å²) in [6, 6.07) is 13.5. The number of anilines is 2. The number of aryl methyl sites for hydroxylation is 1. The molecule has 2 aromatic carbocycles. The number of hydrogen-bond donors (Lipinski definition) is 2. The van der Waals surface area contributed by atoms with Crippen molar-refractivity contribution in [1.29, 1.82) is 0 Å². The van der Waals surface area contributed by atoms with E-state index < -0.39 is 30.5 Å². The summed E-state index contributed by atoms with van der Waals surface area (Å²) in [4.78, 5) is 33.4. The highest BCUT2D eigenvalue weighted by Gasteiger charge is 2.48. The quantitative estimate of drug-likeness (QED) is 0.525. The average Bonchev–Trinajstić information content (AvgIpc) is 3.02. The van der Waals surface area contributed by atoms with Crippen LogP contribution in [0.25, 0.3) is 0 Å². The topological polar surface area (TPSA) is 78.1 Å². The lowest BCUT2D eigenvalue weighted by Crippen LogP contribution is -2.50. The standard InChI is InChI=1S/C23H21F3N4O2S/c1-14-17(11-15-7-3-2-4-8-15)29-22(27-14)33-13-21(32)30-18-10-6-5-9-16(18)28-20(31)12-19(30)23(24,25)26/h2-10,19H,11-13H2,1H3,(H,27,29)(H,28,31). The van der Waals surface area contributed by atoms with E-state index in [9.17, 15) is 22.8 Å². The number of imidazole rings is 1. The zero-order chi connectivity index (χ0) is 23.6. The number of nitrogens with one attached hydrogen (secondary N) is 2. The Bertz CT molecular complexity index is 1160. The molecule has 2 heterocycles. The van der Waals surface area contributed by atoms with E-state index in [2.05, 4.69) is 15.3 Å². The highest BCUT2D eigenvalue weighted by Crippen LogP contribution is 2.38. The van der Waals surface area contributed by atoms with E-state index in [-0.39, 0.29) is 17.1 Å². The minimum absolute atomic E-state index is 0.0247. The van der Waals surface area contributed by atoms with Crippen molar-refractivity contribution in [3.63, 3.8) is 0 Å². The predicted octanol–water partition coefficient (Wildman–Crippen LogP) is 4.71. The molecule has 33 heavy (non-hydrogen) atoms. The molecule has 2 N–H and O–H groups in total. The Morgan fingerprint density at radius 1 is 1.15 bits per heavy atom. The number of fused-ring (bicyclic) bond motifs is 1. The number of alkyl halides is 3. The summed E-state index contributed by atoms with van der Waals surface area (Å²) < 4.78 is 41.5. The van der Waals surface area contributed by atoms with Gasteiger partial charge in [-0.05, 0) is 24.6 Å². The maximum atomic E-state index is 13.8. The molecular weight excluding hydrogens is 453 g/mol. The number of benzene rings is 2. The molecule has 0 spiro atoms. The predicted molar refractivity (Wildman–Crippen MR) is 120 cm³/mol. The Hall–Kier alpha value is -3.27. The van der Waals surface area contributed by atoms with Crippen LogP contribution in [0.2, 0.25) is 0 Å². The van der Waals surface area contributed by atoms with Gasteiger partial charge in [0.15, 0.2) is 5.16 Å². The Morgan fingerprint density at radius 3 is 2.58 bits per heavy atom. The fourth-order valence-corrected chi connectivity index (χ4v) is 4.49. The van der Waals surface area contributed by atoms with Crippen LogP contribution in [0.3, 0.4) is 0 Å². The first-order chi connectivity index (χ1) is 15.7. The van der Waals surface area contributed by atoms with E-state index in [1.54, 1.807) is 6.07 Å². The van der Waals surface area contributed by atoms with E-state index in [0.717, 1.165) is 28.7 Å². The van der Waals surface area contributed by atoms with Gasteiger partial charge < -0.3 is 10.3 Å². The first kappa shape index (κ1) is 22.9. The van der Waals surface area contributed by atoms with Gasteiger partial charge in [-0.3, -0.25) is 14.5 Å². The van der Waals surface area contributed by atoms with Gasteiger partial charge in [-0.15, -0.1) is 0 Å². The van der Waals surface area contributed by atoms with E-state index >= 15 is 0 Å². The number of carbonyl (C=O) groups excluding carboxylic acids is 2. The highest BCUT2D eigenvalue weighted by molar-refractivity contribution is 7.99. The van der Waals surface area contributed by atoms with Crippen LogP contribution >= 0.6 is 11.8 Å². The molecule has 1 aliphatic heterocycles. The van der Waals surface area contributed by atoms with Gasteiger partial charge in [0.2, 0.25) is 11.8 Å². The molecule has 0 saturated carbocycles. The van der Waals surface area contributed by atoms with Gasteiger partial charge in [0.25, 0.3) is 0 Å². The van der Waals surface area contributed by atoms with Gasteiger partial charge >= 0.3 is 6.18 Å². The summed E-state index contributed by atoms with van der Waals surface area (Å²) in [5, 5.41) is 2.91. The second kappa shape index (κ2) is 9.30. The lowest BCUT2D eigenvalue weighted by Gasteiger charge is -2.31. The van der Waals surface area contributed by atoms with Gasteiger partial charge in [0, 0.05) is 12.1 Å². The molecule has 0 radical (unpaired) electrons. The lowest BCUT2D eigenvalue weighted by molar-refractivity contribution is -0.157. The average molecular weight is 475 g/mol. The van der Waals surface area contributed by atoms with E-state index in [1.165, 1.54) is 18.2 Å². The molecule has 3 aromatic rings. The fourth-order valence-electron chi connectivity index (χ4n) is 3.69. The SMILES string of the molecule is Cc1[nH]c(SCC(=O)N2c3ccccc3NC(=O)CC2C(F)(F)F)nc1Cc1ccccc1. The second-order valence-corrected chi connectivity index (χ2v) is 8.62. The molecular formula is C23H21F3N4O2S. The summed E-state index contributed by atoms with van der Waals surface area (Å²) in [6.45, 7) is 1.86. The van der Waals surface area contributed by atoms with Crippen LogP contribution in [0.5, 0.6) is 0 Å². The smallest absolute Gasteiger partial charge is 0.337 e. The Balaban J connectivity index is 1.54. The first-order valence-corrected chi connectivity index (χ1v) is 11.2. The fraction of sp³-hybridized carbons (Fsp3) is 0.261. The summed E-state index contributed by atoms with van der Waals surface area (Å²) in [6.07, 6.45) is -5.03. The van der Waals surface area contributed by atoms with Crippen molar-refractivity contribution in [2.75, 3.05) is 16.0 Å². The number of nitrogens with zero attached hydrogens (tertiary/aromatic N) is 2. The summed E-state index contributed by atoms with van der Waals surface area (Å²) in [7, 11) is 0. The lowest BCUT2D eigenvalue weighted by atomic mass is 10.1. The maximum Gasteiger partial charge on any atom is 0.409 e. The molecule has 0 saturated heterocycles. The van der Waals surface area contributed by atoms with Crippen LogP contribution < -0.4 is 10.2 Å². The zero-order valence-corrected chi connectivity index (χ0v) is 18.5. The Labute approximate surface area is 192 Å². The van der Waals surface area contributed by atoms with Gasteiger partial charge in [-0.1, -0.05) is 54.2 Å². The van der Waals surface area contributed by atoms with Crippen LogP contribution in [-0.4, -0.2) is 39.8 Å². The van der Waals surface area contributed by atoms with Gasteiger partial charge in [0.1, 0.15) is 6.04 Å². The number of para-hydroxylation sites is 2. The third-order valence-corrected chi connectivity index (χ3v) is 6.14. The largest absolute Gasteiger partial charge is 0.409 e. The van der Waals surface area contributed by atoms with Crippen LogP contribution in [0.15, 0.2) is 59.8 Å². The molecule has 2 amide bonds. The number of thioether (sulfide) groups is 1. The van der Waals surface area contributed by atoms with E-state index in [0.29, 0.717) is 16.5 Å². The van der Waals surface area contributed by atoms with Crippen LogP contribution in [0, 0.1) is 6.92 Å². The third-order valence-electron chi connectivity index (χ3n) is 5.29. The van der Waals surface area contributed by atoms with E-state index in [1.807, 2.05) is 37.3 Å². The number of amides is 2. The van der Waals surface area contributed by atoms with Gasteiger partial charge in [-0.25, -0.2) is 4.98 Å². The number of aromatic nitrogens is 2. The number of rotatable bonds is 5. The number of hydrogen-bond acceptors (Lipinski definition) is 4. The van der Waals surface area contributed by atoms with Crippen molar-refractivity contribution in [2.24, 2.45) is 0 Å². The monoisotopic (exact) mass is 474 g/mol. The molecule has 1 unspecified atom stereocenters. The third kappa shape index (κ3) is 5.22. The summed E-state index contributed by atoms with van der Waals surface area (Å²) in [5.74, 6) is -1.82. The molecule has 0 aliphatic carbocycles. The van der Waals surface area contributed by atoms with Gasteiger partial charge in [-0.2, -0.15) is 13.2 Å².